The fourth-order valence-electron chi connectivity index (χ4n) is 2.61. The number of rotatable bonds is 12. The predicted octanol–water partition coefficient (Wildman–Crippen LogP) is 6.16. The summed E-state index contributed by atoms with van der Waals surface area (Å²) in [7, 11) is 1.72. The van der Waals surface area contributed by atoms with Gasteiger partial charge in [-0.1, -0.05) is 76.8 Å². The van der Waals surface area contributed by atoms with Crippen LogP contribution in [0.4, 0.5) is 0 Å². The maximum absolute atomic E-state index is 5.17. The number of benzene rings is 1. The lowest BCUT2D eigenvalue weighted by Gasteiger charge is -2.04. The highest BCUT2D eigenvalue weighted by atomic mass is 16.5. The minimum absolute atomic E-state index is 0.955. The van der Waals surface area contributed by atoms with Crippen molar-refractivity contribution in [3.05, 3.63) is 29.8 Å². The van der Waals surface area contributed by atoms with Gasteiger partial charge in [-0.3, -0.25) is 0 Å². The molecule has 1 nitrogen and oxygen atoms in total. The average Bonchev–Trinajstić information content (AvgIpc) is 2.50. The van der Waals surface area contributed by atoms with Crippen molar-refractivity contribution in [2.24, 2.45) is 0 Å². The van der Waals surface area contributed by atoms with E-state index < -0.39 is 0 Å². The SMILES string of the molecule is CCCCCCCCCCCCc1ccc(OC)cc1. The molecule has 0 aliphatic carbocycles. The molecule has 0 unspecified atom stereocenters. The van der Waals surface area contributed by atoms with Gasteiger partial charge in [0.2, 0.25) is 0 Å². The van der Waals surface area contributed by atoms with Crippen molar-refractivity contribution >= 4 is 0 Å². The summed E-state index contributed by atoms with van der Waals surface area (Å²) in [6, 6.07) is 8.50. The largest absolute Gasteiger partial charge is 0.497 e. The van der Waals surface area contributed by atoms with Crippen LogP contribution in [0.3, 0.4) is 0 Å². The van der Waals surface area contributed by atoms with E-state index in [0.29, 0.717) is 0 Å². The molecule has 0 heterocycles. The van der Waals surface area contributed by atoms with Crippen molar-refractivity contribution in [1.82, 2.24) is 0 Å². The van der Waals surface area contributed by atoms with Gasteiger partial charge in [-0.25, -0.2) is 0 Å². The van der Waals surface area contributed by atoms with Crippen LogP contribution in [-0.4, -0.2) is 7.11 Å². The summed E-state index contributed by atoms with van der Waals surface area (Å²) in [5, 5.41) is 0. The van der Waals surface area contributed by atoms with Crippen molar-refractivity contribution in [3.8, 4) is 5.75 Å². The minimum atomic E-state index is 0.955. The Labute approximate surface area is 125 Å². The minimum Gasteiger partial charge on any atom is -0.497 e. The van der Waals surface area contributed by atoms with Crippen LogP contribution in [0.5, 0.6) is 5.75 Å². The van der Waals surface area contributed by atoms with E-state index in [1.807, 2.05) is 0 Å². The topological polar surface area (TPSA) is 9.23 Å². The normalized spacial score (nSPS) is 10.7. The maximum atomic E-state index is 5.17. The van der Waals surface area contributed by atoms with Crippen LogP contribution < -0.4 is 4.74 Å². The second-order valence-corrected chi connectivity index (χ2v) is 5.78. The van der Waals surface area contributed by atoms with E-state index in [4.69, 9.17) is 4.74 Å². The fourth-order valence-corrected chi connectivity index (χ4v) is 2.61. The second-order valence-electron chi connectivity index (χ2n) is 5.78. The summed E-state index contributed by atoms with van der Waals surface area (Å²) >= 11 is 0. The standard InChI is InChI=1S/C19H32O/c1-3-4-5-6-7-8-9-10-11-12-13-18-14-16-19(20-2)17-15-18/h14-17H,3-13H2,1-2H3. The number of ether oxygens (including phenoxy) is 1. The van der Waals surface area contributed by atoms with Gasteiger partial charge in [0.25, 0.3) is 0 Å². The quantitative estimate of drug-likeness (QED) is 0.415. The van der Waals surface area contributed by atoms with Crippen LogP contribution in [0.15, 0.2) is 24.3 Å². The summed E-state index contributed by atoms with van der Waals surface area (Å²) in [4.78, 5) is 0. The smallest absolute Gasteiger partial charge is 0.118 e. The summed E-state index contributed by atoms with van der Waals surface area (Å²) < 4.78 is 5.17. The summed E-state index contributed by atoms with van der Waals surface area (Å²) in [6.07, 6.45) is 15.3. The lowest BCUT2D eigenvalue weighted by Crippen LogP contribution is -1.88. The number of hydrogen-bond donors (Lipinski definition) is 0. The Morgan fingerprint density at radius 1 is 0.700 bits per heavy atom. The van der Waals surface area contributed by atoms with E-state index in [2.05, 4.69) is 31.2 Å². The van der Waals surface area contributed by atoms with Crippen LogP contribution in [0.2, 0.25) is 0 Å². The molecule has 0 bridgehead atoms. The van der Waals surface area contributed by atoms with E-state index in [1.54, 1.807) is 7.11 Å². The molecule has 0 aliphatic heterocycles. The van der Waals surface area contributed by atoms with Crippen molar-refractivity contribution < 1.29 is 4.74 Å². The average molecular weight is 276 g/mol. The molecule has 0 aliphatic rings. The van der Waals surface area contributed by atoms with Crippen molar-refractivity contribution in [2.45, 2.75) is 77.6 Å². The van der Waals surface area contributed by atoms with Crippen molar-refractivity contribution in [2.75, 3.05) is 7.11 Å². The van der Waals surface area contributed by atoms with Gasteiger partial charge in [-0.15, -0.1) is 0 Å². The molecule has 0 saturated carbocycles. The Balaban J connectivity index is 1.91. The van der Waals surface area contributed by atoms with Crippen LogP contribution in [0.1, 0.15) is 76.7 Å². The predicted molar refractivity (Wildman–Crippen MR) is 88.5 cm³/mol. The van der Waals surface area contributed by atoms with Crippen LogP contribution in [0, 0.1) is 0 Å². The molecule has 0 atom stereocenters. The molecular weight excluding hydrogens is 244 g/mol. The number of aryl methyl sites for hydroxylation is 1. The summed E-state index contributed by atoms with van der Waals surface area (Å²) in [6.45, 7) is 2.28. The van der Waals surface area contributed by atoms with Gasteiger partial charge in [-0.2, -0.15) is 0 Å². The first-order chi connectivity index (χ1) is 9.86. The molecule has 0 N–H and O–H groups in total. The highest BCUT2D eigenvalue weighted by Crippen LogP contribution is 2.15. The highest BCUT2D eigenvalue weighted by molar-refractivity contribution is 5.27. The van der Waals surface area contributed by atoms with E-state index in [9.17, 15) is 0 Å². The molecule has 0 saturated heterocycles. The molecule has 0 fully saturated rings. The Kier molecular flexibility index (Phi) is 10.1. The molecule has 0 amide bonds. The first-order valence-corrected chi connectivity index (χ1v) is 8.49. The zero-order valence-corrected chi connectivity index (χ0v) is 13.5. The van der Waals surface area contributed by atoms with Crippen molar-refractivity contribution in [1.29, 1.82) is 0 Å². The van der Waals surface area contributed by atoms with Gasteiger partial charge in [0, 0.05) is 0 Å². The molecule has 1 aromatic carbocycles. The zero-order chi connectivity index (χ0) is 14.5. The van der Waals surface area contributed by atoms with E-state index >= 15 is 0 Å². The molecule has 1 heteroatoms. The molecule has 114 valence electrons. The van der Waals surface area contributed by atoms with Gasteiger partial charge < -0.3 is 4.74 Å². The molecule has 1 aromatic rings. The Hall–Kier alpha value is -0.980. The number of methoxy groups -OCH3 is 1. The van der Waals surface area contributed by atoms with E-state index in [1.165, 1.54) is 76.2 Å². The van der Waals surface area contributed by atoms with Crippen LogP contribution >= 0.6 is 0 Å². The molecule has 0 aromatic heterocycles. The third-order valence-corrected chi connectivity index (χ3v) is 3.98. The van der Waals surface area contributed by atoms with Crippen LogP contribution in [0.25, 0.3) is 0 Å². The Bertz CT molecular complexity index is 315. The highest BCUT2D eigenvalue weighted by Gasteiger charge is 1.96. The maximum Gasteiger partial charge on any atom is 0.118 e. The van der Waals surface area contributed by atoms with Crippen molar-refractivity contribution in [3.63, 3.8) is 0 Å². The first-order valence-electron chi connectivity index (χ1n) is 8.49. The summed E-state index contributed by atoms with van der Waals surface area (Å²) in [5.41, 5.74) is 1.44. The van der Waals surface area contributed by atoms with Gasteiger partial charge in [0.1, 0.15) is 5.75 Å². The van der Waals surface area contributed by atoms with Gasteiger partial charge in [0.05, 0.1) is 7.11 Å². The van der Waals surface area contributed by atoms with E-state index in [-0.39, 0.29) is 0 Å². The summed E-state index contributed by atoms with van der Waals surface area (Å²) in [5.74, 6) is 0.955. The fraction of sp³-hybridized carbons (Fsp3) is 0.684. The zero-order valence-electron chi connectivity index (χ0n) is 13.5. The van der Waals surface area contributed by atoms with Gasteiger partial charge >= 0.3 is 0 Å². The lowest BCUT2D eigenvalue weighted by molar-refractivity contribution is 0.414. The third-order valence-electron chi connectivity index (χ3n) is 3.98. The first kappa shape index (κ1) is 17.1. The molecule has 0 spiro atoms. The molecular formula is C19H32O. The number of hydrogen-bond acceptors (Lipinski definition) is 1. The Morgan fingerprint density at radius 2 is 1.20 bits per heavy atom. The lowest BCUT2D eigenvalue weighted by atomic mass is 10.0. The number of unbranched alkanes of at least 4 members (excludes halogenated alkanes) is 9. The van der Waals surface area contributed by atoms with Gasteiger partial charge in [0.15, 0.2) is 0 Å². The molecule has 0 radical (unpaired) electrons. The molecule has 1 rings (SSSR count). The van der Waals surface area contributed by atoms with Crippen LogP contribution in [-0.2, 0) is 6.42 Å². The monoisotopic (exact) mass is 276 g/mol. The van der Waals surface area contributed by atoms with Gasteiger partial charge in [-0.05, 0) is 30.5 Å². The molecule has 20 heavy (non-hydrogen) atoms. The third kappa shape index (κ3) is 8.24. The second kappa shape index (κ2) is 11.8. The Morgan fingerprint density at radius 3 is 1.70 bits per heavy atom. The van der Waals surface area contributed by atoms with E-state index in [0.717, 1.165) is 5.75 Å².